The summed E-state index contributed by atoms with van der Waals surface area (Å²) in [6, 6.07) is 7.15. The van der Waals surface area contributed by atoms with Crippen molar-refractivity contribution in [3.63, 3.8) is 0 Å². The number of aromatic hydroxyl groups is 1. The number of phenolic OH excluding ortho intramolecular Hbond substituents is 1. The maximum Gasteiger partial charge on any atom is 0.223 e. The van der Waals surface area contributed by atoms with Crippen LogP contribution in [-0.2, 0) is 4.79 Å². The lowest BCUT2D eigenvalue weighted by Crippen LogP contribution is -2.29. The van der Waals surface area contributed by atoms with Gasteiger partial charge < -0.3 is 10.0 Å². The minimum atomic E-state index is 0.0244. The van der Waals surface area contributed by atoms with Gasteiger partial charge in [0.1, 0.15) is 5.75 Å². The molecule has 0 aliphatic carbocycles. The van der Waals surface area contributed by atoms with Crippen molar-refractivity contribution in [2.75, 3.05) is 6.54 Å². The molecule has 1 aromatic carbocycles. The first-order chi connectivity index (χ1) is 7.89. The van der Waals surface area contributed by atoms with Crippen molar-refractivity contribution in [1.29, 1.82) is 0 Å². The molecule has 2 rings (SSSR count). The molecule has 1 atom stereocenters. The summed E-state index contributed by atoms with van der Waals surface area (Å²) in [6.45, 7) is 7.01. The largest absolute Gasteiger partial charge is 0.508 e. The molecule has 0 spiro atoms. The molecule has 3 heteroatoms. The molecule has 0 bridgehead atoms. The first kappa shape index (κ1) is 12.0. The van der Waals surface area contributed by atoms with Gasteiger partial charge in [0.05, 0.1) is 6.04 Å². The van der Waals surface area contributed by atoms with Gasteiger partial charge >= 0.3 is 0 Å². The van der Waals surface area contributed by atoms with Crippen molar-refractivity contribution in [2.45, 2.75) is 33.2 Å². The van der Waals surface area contributed by atoms with Gasteiger partial charge in [-0.2, -0.15) is 0 Å². The number of phenols is 1. The molecule has 1 amide bonds. The average molecular weight is 233 g/mol. The molecule has 17 heavy (non-hydrogen) atoms. The molecule has 1 heterocycles. The standard InChI is InChI=1S/C14H19NO2/c1-10(11-5-4-6-12(16)7-11)15-9-14(2,3)8-13(15)17/h4-7,10,16H,8-9H2,1-3H3. The van der Waals surface area contributed by atoms with Gasteiger partial charge in [0.25, 0.3) is 0 Å². The zero-order valence-electron chi connectivity index (χ0n) is 10.6. The fourth-order valence-electron chi connectivity index (χ4n) is 2.43. The van der Waals surface area contributed by atoms with E-state index in [1.54, 1.807) is 12.1 Å². The monoisotopic (exact) mass is 233 g/mol. The molecule has 1 unspecified atom stereocenters. The molecule has 92 valence electrons. The zero-order chi connectivity index (χ0) is 12.6. The number of amides is 1. The van der Waals surface area contributed by atoms with Crippen LogP contribution >= 0.6 is 0 Å². The number of carbonyl (C=O) groups excluding carboxylic acids is 1. The highest BCUT2D eigenvalue weighted by molar-refractivity contribution is 5.79. The Morgan fingerprint density at radius 3 is 2.65 bits per heavy atom. The summed E-state index contributed by atoms with van der Waals surface area (Å²) in [5.41, 5.74) is 1.04. The lowest BCUT2D eigenvalue weighted by atomic mass is 9.93. The number of nitrogens with zero attached hydrogens (tertiary/aromatic N) is 1. The molecule has 1 saturated heterocycles. The van der Waals surface area contributed by atoms with E-state index in [1.807, 2.05) is 24.0 Å². The molecule has 1 N–H and O–H groups in total. The summed E-state index contributed by atoms with van der Waals surface area (Å²) in [7, 11) is 0. The highest BCUT2D eigenvalue weighted by Crippen LogP contribution is 2.35. The van der Waals surface area contributed by atoms with Crippen LogP contribution in [0.2, 0.25) is 0 Å². The van der Waals surface area contributed by atoms with Crippen molar-refractivity contribution in [1.82, 2.24) is 4.90 Å². The lowest BCUT2D eigenvalue weighted by molar-refractivity contribution is -0.129. The average Bonchev–Trinajstić information content (AvgIpc) is 2.51. The number of benzene rings is 1. The van der Waals surface area contributed by atoms with Crippen molar-refractivity contribution in [3.05, 3.63) is 29.8 Å². The molecule has 1 fully saturated rings. The van der Waals surface area contributed by atoms with Gasteiger partial charge in [-0.15, -0.1) is 0 Å². The van der Waals surface area contributed by atoms with Crippen LogP contribution in [-0.4, -0.2) is 22.5 Å². The summed E-state index contributed by atoms with van der Waals surface area (Å²) in [5.74, 6) is 0.450. The van der Waals surface area contributed by atoms with E-state index in [4.69, 9.17) is 0 Å². The Kier molecular flexibility index (Phi) is 2.86. The first-order valence-corrected chi connectivity index (χ1v) is 5.97. The van der Waals surface area contributed by atoms with Crippen LogP contribution in [0.1, 0.15) is 38.8 Å². The van der Waals surface area contributed by atoms with E-state index in [9.17, 15) is 9.90 Å². The van der Waals surface area contributed by atoms with Crippen molar-refractivity contribution in [3.8, 4) is 5.75 Å². The van der Waals surface area contributed by atoms with E-state index in [0.29, 0.717) is 6.42 Å². The molecule has 1 aromatic rings. The van der Waals surface area contributed by atoms with Gasteiger partial charge in [0, 0.05) is 13.0 Å². The molecule has 3 nitrogen and oxygen atoms in total. The SMILES string of the molecule is CC(c1cccc(O)c1)N1CC(C)(C)CC1=O. The van der Waals surface area contributed by atoms with Gasteiger partial charge in [-0.1, -0.05) is 26.0 Å². The van der Waals surface area contributed by atoms with E-state index >= 15 is 0 Å². The zero-order valence-corrected chi connectivity index (χ0v) is 10.6. The normalized spacial score (nSPS) is 20.6. The van der Waals surface area contributed by atoms with Crippen LogP contribution in [0.15, 0.2) is 24.3 Å². The molecular weight excluding hydrogens is 214 g/mol. The Morgan fingerprint density at radius 2 is 2.12 bits per heavy atom. The number of hydrogen-bond acceptors (Lipinski definition) is 2. The molecule has 0 aromatic heterocycles. The summed E-state index contributed by atoms with van der Waals surface area (Å²) in [4.78, 5) is 13.9. The second-order valence-corrected chi connectivity index (χ2v) is 5.63. The van der Waals surface area contributed by atoms with Crippen molar-refractivity contribution >= 4 is 5.91 Å². The van der Waals surface area contributed by atoms with E-state index in [0.717, 1.165) is 12.1 Å². The Bertz CT molecular complexity index is 440. The van der Waals surface area contributed by atoms with E-state index in [2.05, 4.69) is 13.8 Å². The van der Waals surface area contributed by atoms with E-state index in [1.165, 1.54) is 0 Å². The molecule has 1 aliphatic heterocycles. The van der Waals surface area contributed by atoms with Crippen LogP contribution < -0.4 is 0 Å². The number of rotatable bonds is 2. The van der Waals surface area contributed by atoms with E-state index < -0.39 is 0 Å². The Hall–Kier alpha value is -1.51. The summed E-state index contributed by atoms with van der Waals surface area (Å²) in [5, 5.41) is 9.47. The van der Waals surface area contributed by atoms with Gasteiger partial charge in [-0.25, -0.2) is 0 Å². The Morgan fingerprint density at radius 1 is 1.41 bits per heavy atom. The van der Waals surface area contributed by atoms with Crippen LogP contribution in [0.4, 0.5) is 0 Å². The molecular formula is C14H19NO2. The minimum Gasteiger partial charge on any atom is -0.508 e. The molecule has 0 radical (unpaired) electrons. The predicted octanol–water partition coefficient (Wildman–Crippen LogP) is 2.71. The van der Waals surface area contributed by atoms with Crippen LogP contribution in [0.3, 0.4) is 0 Å². The predicted molar refractivity (Wildman–Crippen MR) is 66.6 cm³/mol. The number of carbonyl (C=O) groups is 1. The van der Waals surface area contributed by atoms with Gasteiger partial charge in [0.2, 0.25) is 5.91 Å². The Labute approximate surface area is 102 Å². The fourth-order valence-corrected chi connectivity index (χ4v) is 2.43. The maximum absolute atomic E-state index is 12.0. The van der Waals surface area contributed by atoms with E-state index in [-0.39, 0.29) is 23.1 Å². The smallest absolute Gasteiger partial charge is 0.223 e. The second-order valence-electron chi connectivity index (χ2n) is 5.63. The lowest BCUT2D eigenvalue weighted by Gasteiger charge is -2.26. The minimum absolute atomic E-state index is 0.0244. The fraction of sp³-hybridized carbons (Fsp3) is 0.500. The van der Waals surface area contributed by atoms with Gasteiger partial charge in [0.15, 0.2) is 0 Å². The van der Waals surface area contributed by atoms with Crippen LogP contribution in [0.5, 0.6) is 5.75 Å². The van der Waals surface area contributed by atoms with Crippen molar-refractivity contribution in [2.24, 2.45) is 5.41 Å². The summed E-state index contributed by atoms with van der Waals surface area (Å²) in [6.07, 6.45) is 0.607. The van der Waals surface area contributed by atoms with Crippen LogP contribution in [0, 0.1) is 5.41 Å². The number of likely N-dealkylation sites (tertiary alicyclic amines) is 1. The Balaban J connectivity index is 2.21. The molecule has 0 saturated carbocycles. The number of hydrogen-bond donors (Lipinski definition) is 1. The highest BCUT2D eigenvalue weighted by atomic mass is 16.3. The third-order valence-corrected chi connectivity index (χ3v) is 3.37. The maximum atomic E-state index is 12.0. The highest BCUT2D eigenvalue weighted by Gasteiger charge is 2.38. The second kappa shape index (κ2) is 4.06. The first-order valence-electron chi connectivity index (χ1n) is 5.97. The topological polar surface area (TPSA) is 40.5 Å². The van der Waals surface area contributed by atoms with Gasteiger partial charge in [-0.3, -0.25) is 4.79 Å². The van der Waals surface area contributed by atoms with Gasteiger partial charge in [-0.05, 0) is 30.0 Å². The third-order valence-electron chi connectivity index (χ3n) is 3.37. The summed E-state index contributed by atoms with van der Waals surface area (Å²) < 4.78 is 0. The molecule has 1 aliphatic rings. The van der Waals surface area contributed by atoms with Crippen LogP contribution in [0.25, 0.3) is 0 Å². The summed E-state index contributed by atoms with van der Waals surface area (Å²) >= 11 is 0. The third kappa shape index (κ3) is 2.43. The quantitative estimate of drug-likeness (QED) is 0.853. The van der Waals surface area contributed by atoms with Crippen molar-refractivity contribution < 1.29 is 9.90 Å².